The average molecular weight is 301 g/mol. The van der Waals surface area contributed by atoms with E-state index in [1.54, 1.807) is 12.4 Å². The largest absolute Gasteiger partial charge is 0.478 e. The van der Waals surface area contributed by atoms with Gasteiger partial charge in [-0.1, -0.05) is 30.3 Å². The molecule has 2 heterocycles. The van der Waals surface area contributed by atoms with Crippen LogP contribution in [-0.4, -0.2) is 46.5 Å². The summed E-state index contributed by atoms with van der Waals surface area (Å²) in [7, 11) is 1.54. The van der Waals surface area contributed by atoms with Gasteiger partial charge in [-0.2, -0.15) is 0 Å². The first-order chi connectivity index (χ1) is 10.6. The molecule has 22 heavy (non-hydrogen) atoms. The van der Waals surface area contributed by atoms with Crippen molar-refractivity contribution in [2.45, 2.75) is 18.1 Å². The van der Waals surface area contributed by atoms with E-state index >= 15 is 0 Å². The molecule has 1 aromatic carbocycles. The summed E-state index contributed by atoms with van der Waals surface area (Å²) >= 11 is 0. The van der Waals surface area contributed by atoms with E-state index in [2.05, 4.69) is 9.97 Å². The molecule has 1 fully saturated rings. The lowest BCUT2D eigenvalue weighted by atomic mass is 9.82. The van der Waals surface area contributed by atoms with Crippen LogP contribution >= 0.6 is 0 Å². The van der Waals surface area contributed by atoms with Crippen LogP contribution in [0, 0.1) is 0 Å². The zero-order chi connectivity index (χ0) is 15.6. The lowest BCUT2D eigenvalue weighted by Crippen LogP contribution is -2.54. The summed E-state index contributed by atoms with van der Waals surface area (Å²) in [4.78, 5) is 10.3. The van der Waals surface area contributed by atoms with Crippen molar-refractivity contribution in [2.75, 3.05) is 25.1 Å². The number of anilines is 1. The topological polar surface area (TPSA) is 78.7 Å². The van der Waals surface area contributed by atoms with Gasteiger partial charge in [0.15, 0.2) is 5.82 Å². The number of nitrogens with zero attached hydrogens (tertiary/aromatic N) is 3. The first-order valence-electron chi connectivity index (χ1n) is 7.21. The number of hydrogen-bond donors (Lipinski definition) is 2. The van der Waals surface area contributed by atoms with Gasteiger partial charge in [0.1, 0.15) is 11.7 Å². The van der Waals surface area contributed by atoms with E-state index in [1.165, 1.54) is 7.11 Å². The molecule has 6 heteroatoms. The Hall–Kier alpha value is -2.18. The maximum Gasteiger partial charge on any atom is 0.257 e. The van der Waals surface area contributed by atoms with Crippen molar-refractivity contribution in [1.82, 2.24) is 9.97 Å². The van der Waals surface area contributed by atoms with Crippen molar-refractivity contribution in [1.29, 1.82) is 0 Å². The number of aliphatic hydroxyl groups excluding tert-OH is 1. The van der Waals surface area contributed by atoms with Crippen molar-refractivity contribution in [3.63, 3.8) is 0 Å². The Morgan fingerprint density at radius 1 is 1.23 bits per heavy atom. The molecule has 0 amide bonds. The molecule has 6 nitrogen and oxygen atoms in total. The number of ether oxygens (including phenoxy) is 1. The summed E-state index contributed by atoms with van der Waals surface area (Å²) in [6, 6.07) is 9.28. The van der Waals surface area contributed by atoms with Crippen LogP contribution in [0.25, 0.3) is 0 Å². The Bertz CT molecular complexity index is 638. The Morgan fingerprint density at radius 2 is 1.95 bits per heavy atom. The van der Waals surface area contributed by atoms with Gasteiger partial charge in [0.05, 0.1) is 7.11 Å². The highest BCUT2D eigenvalue weighted by atomic mass is 16.5. The fraction of sp³-hybridized carbons (Fsp3) is 0.375. The van der Waals surface area contributed by atoms with Crippen molar-refractivity contribution >= 4 is 5.82 Å². The summed E-state index contributed by atoms with van der Waals surface area (Å²) < 4.78 is 5.21. The quantitative estimate of drug-likeness (QED) is 0.878. The molecule has 0 aliphatic carbocycles. The molecule has 1 aromatic heterocycles. The molecule has 0 saturated carbocycles. The second-order valence-electron chi connectivity index (χ2n) is 5.39. The van der Waals surface area contributed by atoms with Crippen molar-refractivity contribution in [3.8, 4) is 5.88 Å². The van der Waals surface area contributed by atoms with Crippen molar-refractivity contribution < 1.29 is 14.9 Å². The fourth-order valence-corrected chi connectivity index (χ4v) is 2.86. The van der Waals surface area contributed by atoms with Crippen LogP contribution < -0.4 is 9.64 Å². The second kappa shape index (κ2) is 5.90. The maximum atomic E-state index is 10.9. The second-order valence-corrected chi connectivity index (χ2v) is 5.39. The Labute approximate surface area is 129 Å². The van der Waals surface area contributed by atoms with Crippen LogP contribution in [0.2, 0.25) is 0 Å². The molecule has 2 N–H and O–H groups in total. The van der Waals surface area contributed by atoms with E-state index in [4.69, 9.17) is 4.74 Å². The van der Waals surface area contributed by atoms with Crippen LogP contribution in [0.3, 0.4) is 0 Å². The molecular formula is C16H19N3O3. The highest BCUT2D eigenvalue weighted by Crippen LogP contribution is 2.35. The number of methoxy groups -OCH3 is 1. The molecule has 0 bridgehead atoms. The van der Waals surface area contributed by atoms with E-state index in [0.717, 1.165) is 5.56 Å². The lowest BCUT2D eigenvalue weighted by molar-refractivity contribution is -0.0918. The number of aromatic nitrogens is 2. The number of benzene rings is 1. The monoisotopic (exact) mass is 301 g/mol. The molecule has 2 aromatic rings. The summed E-state index contributed by atoms with van der Waals surface area (Å²) in [5, 5.41) is 21.4. The highest BCUT2D eigenvalue weighted by Gasteiger charge is 2.42. The van der Waals surface area contributed by atoms with Crippen LogP contribution in [0.5, 0.6) is 5.88 Å². The van der Waals surface area contributed by atoms with Gasteiger partial charge in [0, 0.05) is 31.9 Å². The molecule has 0 unspecified atom stereocenters. The first kappa shape index (κ1) is 14.7. The van der Waals surface area contributed by atoms with E-state index < -0.39 is 11.7 Å². The minimum Gasteiger partial charge on any atom is -0.478 e. The van der Waals surface area contributed by atoms with Crippen LogP contribution in [0.4, 0.5) is 5.82 Å². The zero-order valence-electron chi connectivity index (χ0n) is 12.4. The standard InChI is InChI=1S/C16H19N3O3/c1-22-15-14(17-8-9-18-15)19-10-7-16(21,13(20)11-19)12-5-3-2-4-6-12/h2-6,8-9,13,20-21H,7,10-11H2,1H3/t13-,16-/m0/s1. The van der Waals surface area contributed by atoms with Crippen LogP contribution in [0.1, 0.15) is 12.0 Å². The van der Waals surface area contributed by atoms with Gasteiger partial charge in [0.25, 0.3) is 5.88 Å². The van der Waals surface area contributed by atoms with E-state index in [0.29, 0.717) is 24.7 Å². The van der Waals surface area contributed by atoms with E-state index in [1.807, 2.05) is 35.2 Å². The summed E-state index contributed by atoms with van der Waals surface area (Å²) in [5.74, 6) is 0.999. The van der Waals surface area contributed by atoms with Gasteiger partial charge in [-0.3, -0.25) is 0 Å². The third kappa shape index (κ3) is 2.51. The number of hydrogen-bond acceptors (Lipinski definition) is 6. The molecule has 0 spiro atoms. The molecule has 1 saturated heterocycles. The normalized spacial score (nSPS) is 25.0. The van der Waals surface area contributed by atoms with Crippen LogP contribution in [-0.2, 0) is 5.60 Å². The minimum atomic E-state index is -1.24. The van der Waals surface area contributed by atoms with Gasteiger partial charge >= 0.3 is 0 Å². The number of β-amino-alcohol motifs (C(OH)–C–C–N with tert-alkyl or cyclic N) is 1. The maximum absolute atomic E-state index is 10.9. The Kier molecular flexibility index (Phi) is 3.96. The zero-order valence-corrected chi connectivity index (χ0v) is 12.4. The first-order valence-corrected chi connectivity index (χ1v) is 7.21. The smallest absolute Gasteiger partial charge is 0.257 e. The van der Waals surface area contributed by atoms with Crippen molar-refractivity contribution in [2.24, 2.45) is 0 Å². The third-order valence-electron chi connectivity index (χ3n) is 4.12. The van der Waals surface area contributed by atoms with E-state index in [9.17, 15) is 10.2 Å². The predicted molar refractivity (Wildman–Crippen MR) is 81.8 cm³/mol. The predicted octanol–water partition coefficient (Wildman–Crippen LogP) is 0.944. The van der Waals surface area contributed by atoms with Crippen molar-refractivity contribution in [3.05, 3.63) is 48.3 Å². The summed E-state index contributed by atoms with van der Waals surface area (Å²) in [6.45, 7) is 0.817. The van der Waals surface area contributed by atoms with Gasteiger partial charge in [0.2, 0.25) is 0 Å². The van der Waals surface area contributed by atoms with Gasteiger partial charge in [-0.25, -0.2) is 9.97 Å². The minimum absolute atomic E-state index is 0.264. The van der Waals surface area contributed by atoms with Gasteiger partial charge in [-0.05, 0) is 5.56 Å². The SMILES string of the molecule is COc1nccnc1N1CC[C@](O)(c2ccccc2)[C@@H](O)C1. The number of piperidine rings is 1. The summed E-state index contributed by atoms with van der Waals surface area (Å²) in [6.07, 6.45) is 2.62. The Morgan fingerprint density at radius 3 is 2.64 bits per heavy atom. The fourth-order valence-electron chi connectivity index (χ4n) is 2.86. The molecule has 116 valence electrons. The molecule has 2 atom stereocenters. The van der Waals surface area contributed by atoms with Crippen LogP contribution in [0.15, 0.2) is 42.7 Å². The molecular weight excluding hydrogens is 282 g/mol. The van der Waals surface area contributed by atoms with Gasteiger partial charge < -0.3 is 19.8 Å². The number of rotatable bonds is 3. The summed E-state index contributed by atoms with van der Waals surface area (Å²) in [5.41, 5.74) is -0.513. The molecule has 3 rings (SSSR count). The number of aliphatic hydroxyl groups is 2. The third-order valence-corrected chi connectivity index (χ3v) is 4.12. The van der Waals surface area contributed by atoms with Gasteiger partial charge in [-0.15, -0.1) is 0 Å². The highest BCUT2D eigenvalue weighted by molar-refractivity contribution is 5.49. The van der Waals surface area contributed by atoms with E-state index in [-0.39, 0.29) is 6.54 Å². The molecule has 1 aliphatic heterocycles. The average Bonchev–Trinajstić information content (AvgIpc) is 2.58. The lowest BCUT2D eigenvalue weighted by Gasteiger charge is -2.42. The molecule has 1 aliphatic rings. The Balaban J connectivity index is 1.83. The molecule has 0 radical (unpaired) electrons.